The number of nitrogens with one attached hydrogen (secondary N) is 2. The molecule has 1 unspecified atom stereocenters. The maximum absolute atomic E-state index is 10.7. The van der Waals surface area contributed by atoms with Crippen LogP contribution in [-0.4, -0.2) is 68.3 Å². The zero-order valence-electron chi connectivity index (χ0n) is 19.3. The molecule has 1 aliphatic heterocycles. The number of halogens is 1. The minimum atomic E-state index is -0.932. The van der Waals surface area contributed by atoms with Crippen LogP contribution in [0.25, 0.3) is 0 Å². The minimum absolute atomic E-state index is 0. The lowest BCUT2D eigenvalue weighted by Gasteiger charge is -2.36. The quantitative estimate of drug-likeness (QED) is 0.176. The highest BCUT2D eigenvalue weighted by Crippen LogP contribution is 2.25. The Morgan fingerprint density at radius 1 is 1.06 bits per heavy atom. The van der Waals surface area contributed by atoms with Gasteiger partial charge in [-0.3, -0.25) is 4.90 Å². The number of hydrogen-bond donors (Lipinski definition) is 3. The molecule has 0 radical (unpaired) electrons. The fourth-order valence-corrected chi connectivity index (χ4v) is 4.55. The van der Waals surface area contributed by atoms with Crippen LogP contribution < -0.4 is 15.5 Å². The van der Waals surface area contributed by atoms with Crippen LogP contribution in [0.1, 0.15) is 31.6 Å². The van der Waals surface area contributed by atoms with Crippen molar-refractivity contribution in [2.24, 2.45) is 4.99 Å². The first-order valence-electron chi connectivity index (χ1n) is 11.4. The third-order valence-electron chi connectivity index (χ3n) is 5.63. The van der Waals surface area contributed by atoms with Gasteiger partial charge in [-0.25, -0.2) is 4.99 Å². The zero-order valence-corrected chi connectivity index (χ0v) is 22.4. The summed E-state index contributed by atoms with van der Waals surface area (Å²) in [5.74, 6) is 0.774. The Kier molecular flexibility index (Phi) is 11.8. The van der Waals surface area contributed by atoms with Gasteiger partial charge in [0.25, 0.3) is 0 Å². The average molecular weight is 572 g/mol. The summed E-state index contributed by atoms with van der Waals surface area (Å²) >= 11 is 1.56. The predicted molar refractivity (Wildman–Crippen MR) is 148 cm³/mol. The van der Waals surface area contributed by atoms with Gasteiger partial charge < -0.3 is 20.6 Å². The molecule has 1 atom stereocenters. The van der Waals surface area contributed by atoms with Gasteiger partial charge in [0.15, 0.2) is 5.96 Å². The van der Waals surface area contributed by atoms with Crippen molar-refractivity contribution in [3.63, 3.8) is 0 Å². The topological polar surface area (TPSA) is 63.1 Å². The second-order valence-corrected chi connectivity index (χ2v) is 9.19. The van der Waals surface area contributed by atoms with Gasteiger partial charge in [0.05, 0.1) is 6.54 Å². The molecule has 2 heterocycles. The molecule has 0 saturated carbocycles. The van der Waals surface area contributed by atoms with Crippen LogP contribution in [0.3, 0.4) is 0 Å². The van der Waals surface area contributed by atoms with Crippen LogP contribution in [0.15, 0.2) is 52.8 Å². The molecule has 1 aliphatic rings. The van der Waals surface area contributed by atoms with E-state index in [4.69, 9.17) is 0 Å². The van der Waals surface area contributed by atoms with E-state index in [1.807, 2.05) is 24.4 Å². The largest absolute Gasteiger partial charge is 0.383 e. The molecule has 2 aromatic rings. The third-order valence-corrected chi connectivity index (χ3v) is 6.75. The first kappa shape index (κ1) is 26.9. The maximum atomic E-state index is 10.7. The molecular formula is C24H38IN5OS. The standard InChI is InChI=1S/C24H37N5OS.HI/c1-3-25-23(27-20-24(2,30)22-12-9-19-31-22)26-13-7-8-14-28-15-17-29(18-16-28)21-10-5-4-6-11-21;/h4-6,9-12,19,30H,3,7-8,13-18,20H2,1-2H3,(H2,25,26,27);1H. The SMILES string of the molecule is CCNC(=NCC(C)(O)c1cccs1)NCCCCN1CCN(c2ccccc2)CC1.I. The highest BCUT2D eigenvalue weighted by atomic mass is 127. The van der Waals surface area contributed by atoms with Gasteiger partial charge in [0.2, 0.25) is 0 Å². The number of benzene rings is 1. The number of aliphatic imine (C=N–C) groups is 1. The summed E-state index contributed by atoms with van der Waals surface area (Å²) < 4.78 is 0. The molecule has 1 aromatic carbocycles. The number of aliphatic hydroxyl groups is 1. The van der Waals surface area contributed by atoms with E-state index in [2.05, 4.69) is 62.7 Å². The summed E-state index contributed by atoms with van der Waals surface area (Å²) in [4.78, 5) is 10.6. The van der Waals surface area contributed by atoms with E-state index >= 15 is 0 Å². The summed E-state index contributed by atoms with van der Waals surface area (Å²) in [5, 5.41) is 19.3. The minimum Gasteiger partial charge on any atom is -0.383 e. The number of unbranched alkanes of at least 4 members (excludes halogenated alkanes) is 1. The Balaban J connectivity index is 0.00000363. The number of hydrogen-bond acceptors (Lipinski definition) is 5. The van der Waals surface area contributed by atoms with E-state index in [1.165, 1.54) is 12.1 Å². The zero-order chi connectivity index (χ0) is 21.9. The molecule has 178 valence electrons. The van der Waals surface area contributed by atoms with Crippen LogP contribution in [0.5, 0.6) is 0 Å². The van der Waals surface area contributed by atoms with Gasteiger partial charge in [-0.2, -0.15) is 0 Å². The molecule has 1 fully saturated rings. The molecule has 1 aromatic heterocycles. The van der Waals surface area contributed by atoms with E-state index in [0.29, 0.717) is 6.54 Å². The molecule has 0 aliphatic carbocycles. The number of nitrogens with zero attached hydrogens (tertiary/aromatic N) is 3. The monoisotopic (exact) mass is 571 g/mol. The van der Waals surface area contributed by atoms with E-state index in [0.717, 1.165) is 63.1 Å². The summed E-state index contributed by atoms with van der Waals surface area (Å²) in [7, 11) is 0. The highest BCUT2D eigenvalue weighted by Gasteiger charge is 2.24. The summed E-state index contributed by atoms with van der Waals surface area (Å²) in [6, 6.07) is 14.6. The number of rotatable bonds is 10. The second kappa shape index (κ2) is 14.0. The van der Waals surface area contributed by atoms with Crippen LogP contribution >= 0.6 is 35.3 Å². The fraction of sp³-hybridized carbons (Fsp3) is 0.542. The van der Waals surface area contributed by atoms with E-state index in [9.17, 15) is 5.11 Å². The van der Waals surface area contributed by atoms with Gasteiger partial charge >= 0.3 is 0 Å². The molecule has 8 heteroatoms. The third kappa shape index (κ3) is 8.53. The number of para-hydroxylation sites is 1. The molecule has 32 heavy (non-hydrogen) atoms. The molecule has 0 bridgehead atoms. The smallest absolute Gasteiger partial charge is 0.191 e. The summed E-state index contributed by atoms with van der Waals surface area (Å²) in [6.45, 7) is 11.5. The molecule has 1 saturated heterocycles. The molecular weight excluding hydrogens is 533 g/mol. The van der Waals surface area contributed by atoms with Crippen molar-refractivity contribution in [1.82, 2.24) is 15.5 Å². The Morgan fingerprint density at radius 3 is 2.47 bits per heavy atom. The number of guanidine groups is 1. The van der Waals surface area contributed by atoms with Crippen molar-refractivity contribution in [3.05, 3.63) is 52.7 Å². The van der Waals surface area contributed by atoms with Crippen LogP contribution in [0.4, 0.5) is 5.69 Å². The van der Waals surface area contributed by atoms with E-state index < -0.39 is 5.60 Å². The van der Waals surface area contributed by atoms with Crippen LogP contribution in [0, 0.1) is 0 Å². The lowest BCUT2D eigenvalue weighted by Crippen LogP contribution is -2.46. The van der Waals surface area contributed by atoms with Crippen LogP contribution in [0.2, 0.25) is 0 Å². The van der Waals surface area contributed by atoms with Crippen molar-refractivity contribution in [2.45, 2.75) is 32.3 Å². The number of thiophene rings is 1. The van der Waals surface area contributed by atoms with Crippen LogP contribution in [-0.2, 0) is 5.60 Å². The van der Waals surface area contributed by atoms with E-state index in [-0.39, 0.29) is 24.0 Å². The Hall–Kier alpha value is -1.36. The Morgan fingerprint density at radius 2 is 1.81 bits per heavy atom. The Bertz CT molecular complexity index is 777. The lowest BCUT2D eigenvalue weighted by molar-refractivity contribution is 0.0711. The predicted octanol–water partition coefficient (Wildman–Crippen LogP) is 3.73. The van der Waals surface area contributed by atoms with Gasteiger partial charge in [0, 0.05) is 49.8 Å². The average Bonchev–Trinajstić information content (AvgIpc) is 3.34. The molecule has 0 amide bonds. The molecule has 3 rings (SSSR count). The van der Waals surface area contributed by atoms with Gasteiger partial charge in [-0.15, -0.1) is 35.3 Å². The Labute approximate surface area is 214 Å². The van der Waals surface area contributed by atoms with Crippen molar-refractivity contribution < 1.29 is 5.11 Å². The summed E-state index contributed by atoms with van der Waals surface area (Å²) in [6.07, 6.45) is 2.27. The molecule has 6 nitrogen and oxygen atoms in total. The first-order chi connectivity index (χ1) is 15.1. The van der Waals surface area contributed by atoms with Gasteiger partial charge in [0.1, 0.15) is 5.60 Å². The van der Waals surface area contributed by atoms with Gasteiger partial charge in [-0.1, -0.05) is 24.3 Å². The van der Waals surface area contributed by atoms with Gasteiger partial charge in [-0.05, 0) is 56.8 Å². The number of piperazine rings is 1. The van der Waals surface area contributed by atoms with E-state index in [1.54, 1.807) is 11.3 Å². The normalized spacial score (nSPS) is 16.8. The molecule has 0 spiro atoms. The second-order valence-electron chi connectivity index (χ2n) is 8.24. The van der Waals surface area contributed by atoms with Crippen molar-refractivity contribution in [1.29, 1.82) is 0 Å². The first-order valence-corrected chi connectivity index (χ1v) is 12.3. The highest BCUT2D eigenvalue weighted by molar-refractivity contribution is 14.0. The maximum Gasteiger partial charge on any atom is 0.191 e. The molecule has 3 N–H and O–H groups in total. The van der Waals surface area contributed by atoms with Crippen molar-refractivity contribution in [3.8, 4) is 0 Å². The number of anilines is 1. The lowest BCUT2D eigenvalue weighted by atomic mass is 10.1. The summed E-state index contributed by atoms with van der Waals surface area (Å²) in [5.41, 5.74) is 0.401. The van der Waals surface area contributed by atoms with Crippen molar-refractivity contribution in [2.75, 3.05) is 57.3 Å². The van der Waals surface area contributed by atoms with Crippen molar-refractivity contribution >= 4 is 47.0 Å². The fourth-order valence-electron chi connectivity index (χ4n) is 3.77.